The van der Waals surface area contributed by atoms with E-state index in [2.05, 4.69) is 0 Å². The number of fused-ring (bicyclic) bond motifs is 1. The number of nitrogens with zero attached hydrogens (tertiary/aromatic N) is 1. The van der Waals surface area contributed by atoms with Crippen LogP contribution in [0.1, 0.15) is 29.6 Å². The maximum atomic E-state index is 12.8. The van der Waals surface area contributed by atoms with Gasteiger partial charge >= 0.3 is 0 Å². The molecule has 154 valence electrons. The van der Waals surface area contributed by atoms with E-state index in [1.807, 2.05) is 0 Å². The highest BCUT2D eigenvalue weighted by atomic mass is 16.5. The average molecular weight is 393 g/mol. The fraction of sp³-hybridized carbons (Fsp3) is 0.600. The summed E-state index contributed by atoms with van der Waals surface area (Å²) >= 11 is 0. The van der Waals surface area contributed by atoms with Crippen LogP contribution in [-0.4, -0.2) is 76.4 Å². The van der Waals surface area contributed by atoms with Crippen LogP contribution in [0.5, 0.6) is 17.2 Å². The fourth-order valence-corrected chi connectivity index (χ4v) is 3.70. The van der Waals surface area contributed by atoms with Gasteiger partial charge < -0.3 is 28.6 Å². The Labute approximate surface area is 164 Å². The third-order valence-electron chi connectivity index (χ3n) is 5.29. The lowest BCUT2D eigenvalue weighted by molar-refractivity contribution is -0.140. The molecule has 0 N–H and O–H groups in total. The molecule has 0 radical (unpaired) electrons. The Morgan fingerprint density at radius 2 is 1.89 bits per heavy atom. The lowest BCUT2D eigenvalue weighted by atomic mass is 9.82. The Kier molecular flexibility index (Phi) is 6.41. The zero-order chi connectivity index (χ0) is 20.1. The quantitative estimate of drug-likeness (QED) is 0.652. The molecule has 1 amide bonds. The van der Waals surface area contributed by atoms with Gasteiger partial charge in [0, 0.05) is 33.0 Å². The van der Waals surface area contributed by atoms with Crippen LogP contribution in [0.25, 0.3) is 0 Å². The van der Waals surface area contributed by atoms with Crippen molar-refractivity contribution in [2.45, 2.75) is 24.9 Å². The minimum atomic E-state index is -0.628. The van der Waals surface area contributed by atoms with Crippen LogP contribution in [0.4, 0.5) is 0 Å². The molecule has 0 aromatic heterocycles. The molecule has 1 saturated heterocycles. The van der Waals surface area contributed by atoms with Crippen LogP contribution in [-0.2, 0) is 14.3 Å². The van der Waals surface area contributed by atoms with Crippen molar-refractivity contribution in [2.24, 2.45) is 0 Å². The number of hydrogen-bond acceptors (Lipinski definition) is 7. The molecule has 2 heterocycles. The molecule has 2 aliphatic heterocycles. The second-order valence-electron chi connectivity index (χ2n) is 6.99. The van der Waals surface area contributed by atoms with Crippen molar-refractivity contribution in [2.75, 3.05) is 54.2 Å². The maximum Gasteiger partial charge on any atom is 0.248 e. The van der Waals surface area contributed by atoms with Gasteiger partial charge in [-0.15, -0.1) is 0 Å². The second-order valence-corrected chi connectivity index (χ2v) is 6.99. The summed E-state index contributed by atoms with van der Waals surface area (Å²) in [6.45, 7) is 1.90. The summed E-state index contributed by atoms with van der Waals surface area (Å²) in [7, 11) is 4.66. The minimum Gasteiger partial charge on any atom is -0.493 e. The van der Waals surface area contributed by atoms with Crippen molar-refractivity contribution in [1.29, 1.82) is 0 Å². The number of likely N-dealkylation sites (tertiary alicyclic amines) is 1. The molecular formula is C20H27NO7. The van der Waals surface area contributed by atoms with E-state index >= 15 is 0 Å². The first-order valence-electron chi connectivity index (χ1n) is 9.35. The number of benzene rings is 1. The van der Waals surface area contributed by atoms with Crippen LogP contribution in [0.3, 0.4) is 0 Å². The van der Waals surface area contributed by atoms with Crippen molar-refractivity contribution < 1.29 is 33.3 Å². The molecule has 0 aliphatic carbocycles. The van der Waals surface area contributed by atoms with Gasteiger partial charge in [-0.3, -0.25) is 9.59 Å². The molecule has 8 heteroatoms. The van der Waals surface area contributed by atoms with Gasteiger partial charge in [0.15, 0.2) is 17.3 Å². The molecule has 1 fully saturated rings. The lowest BCUT2D eigenvalue weighted by Gasteiger charge is -2.44. The third kappa shape index (κ3) is 4.07. The second kappa shape index (κ2) is 8.79. The van der Waals surface area contributed by atoms with Crippen molar-refractivity contribution in [3.63, 3.8) is 0 Å². The Bertz CT molecular complexity index is 726. The number of amides is 1. The van der Waals surface area contributed by atoms with Crippen molar-refractivity contribution in [3.05, 3.63) is 17.7 Å². The largest absolute Gasteiger partial charge is 0.493 e. The van der Waals surface area contributed by atoms with Crippen LogP contribution >= 0.6 is 0 Å². The van der Waals surface area contributed by atoms with Crippen molar-refractivity contribution in [1.82, 2.24) is 4.90 Å². The molecule has 8 nitrogen and oxygen atoms in total. The number of carbonyl (C=O) groups excluding carboxylic acids is 2. The van der Waals surface area contributed by atoms with Gasteiger partial charge in [0.25, 0.3) is 0 Å². The molecule has 1 spiro atoms. The Morgan fingerprint density at radius 3 is 2.54 bits per heavy atom. The van der Waals surface area contributed by atoms with Gasteiger partial charge in [-0.05, 0) is 12.1 Å². The lowest BCUT2D eigenvalue weighted by Crippen LogP contribution is -2.52. The molecule has 3 rings (SSSR count). The first-order chi connectivity index (χ1) is 13.5. The zero-order valence-corrected chi connectivity index (χ0v) is 16.6. The monoisotopic (exact) mass is 393 g/mol. The summed E-state index contributed by atoms with van der Waals surface area (Å²) in [5.74, 6) is 1.34. The van der Waals surface area contributed by atoms with E-state index in [4.69, 9.17) is 23.7 Å². The molecule has 0 atom stereocenters. The molecule has 0 saturated carbocycles. The van der Waals surface area contributed by atoms with Crippen LogP contribution in [0, 0.1) is 0 Å². The molecule has 1 aromatic carbocycles. The summed E-state index contributed by atoms with van der Waals surface area (Å²) in [6, 6.07) is 3.42. The number of ketones is 1. The van der Waals surface area contributed by atoms with E-state index in [0.29, 0.717) is 68.4 Å². The topological polar surface area (TPSA) is 83.5 Å². The van der Waals surface area contributed by atoms with E-state index in [1.165, 1.54) is 7.11 Å². The molecular weight excluding hydrogens is 366 g/mol. The van der Waals surface area contributed by atoms with Gasteiger partial charge in [0.1, 0.15) is 12.2 Å². The number of rotatable bonds is 7. The minimum absolute atomic E-state index is 0.0184. The van der Waals surface area contributed by atoms with Gasteiger partial charge in [0.2, 0.25) is 11.7 Å². The predicted molar refractivity (Wildman–Crippen MR) is 100 cm³/mol. The van der Waals surface area contributed by atoms with Crippen molar-refractivity contribution >= 4 is 11.7 Å². The zero-order valence-electron chi connectivity index (χ0n) is 16.6. The number of ether oxygens (including phenoxy) is 5. The molecule has 2 aliphatic rings. The van der Waals surface area contributed by atoms with Crippen molar-refractivity contribution in [3.8, 4) is 17.2 Å². The normalized spacial score (nSPS) is 17.8. The highest BCUT2D eigenvalue weighted by molar-refractivity contribution is 6.01. The van der Waals surface area contributed by atoms with Crippen LogP contribution < -0.4 is 14.2 Å². The maximum absolute atomic E-state index is 12.8. The van der Waals surface area contributed by atoms with Gasteiger partial charge in [-0.25, -0.2) is 0 Å². The number of hydrogen-bond donors (Lipinski definition) is 0. The summed E-state index contributed by atoms with van der Waals surface area (Å²) < 4.78 is 27.3. The number of carbonyl (C=O) groups is 2. The Balaban J connectivity index is 1.68. The fourth-order valence-electron chi connectivity index (χ4n) is 3.70. The highest BCUT2D eigenvalue weighted by Crippen LogP contribution is 2.47. The molecule has 0 unspecified atom stereocenters. The average Bonchev–Trinajstić information content (AvgIpc) is 2.70. The summed E-state index contributed by atoms with van der Waals surface area (Å²) in [4.78, 5) is 26.8. The van der Waals surface area contributed by atoms with Gasteiger partial charge in [-0.2, -0.15) is 0 Å². The molecule has 1 aromatic rings. The molecule has 0 bridgehead atoms. The Morgan fingerprint density at radius 1 is 1.14 bits per heavy atom. The molecule has 28 heavy (non-hydrogen) atoms. The number of methoxy groups -OCH3 is 3. The van der Waals surface area contributed by atoms with Gasteiger partial charge in [-0.1, -0.05) is 0 Å². The Hall–Kier alpha value is -2.32. The SMILES string of the molecule is COCCOCC(=O)N1CCC2(CC1)CC(=O)c1ccc(OC)c(OC)c1O2. The highest BCUT2D eigenvalue weighted by Gasteiger charge is 2.45. The summed E-state index contributed by atoms with van der Waals surface area (Å²) in [5, 5.41) is 0. The number of Topliss-reactive ketones (excluding diaryl/α,β-unsaturated/α-hetero) is 1. The van der Waals surface area contributed by atoms with Gasteiger partial charge in [0.05, 0.1) is 39.4 Å². The summed E-state index contributed by atoms with van der Waals surface area (Å²) in [5.41, 5.74) is -0.120. The van der Waals surface area contributed by atoms with Crippen LogP contribution in [0.15, 0.2) is 12.1 Å². The standard InChI is InChI=1S/C20H27NO7/c1-24-10-11-27-13-17(23)21-8-6-20(7-9-21)12-15(22)14-4-5-16(25-2)19(26-3)18(14)28-20/h4-5H,6-13H2,1-3H3. The smallest absolute Gasteiger partial charge is 0.248 e. The van der Waals surface area contributed by atoms with E-state index < -0.39 is 5.60 Å². The first-order valence-corrected chi connectivity index (χ1v) is 9.35. The third-order valence-corrected chi connectivity index (χ3v) is 5.29. The first kappa shape index (κ1) is 20.4. The van der Waals surface area contributed by atoms with E-state index in [0.717, 1.165) is 0 Å². The number of piperidine rings is 1. The predicted octanol–water partition coefficient (Wildman–Crippen LogP) is 1.69. The van der Waals surface area contributed by atoms with E-state index in [-0.39, 0.29) is 18.3 Å². The van der Waals surface area contributed by atoms with E-state index in [1.54, 1.807) is 31.3 Å². The summed E-state index contributed by atoms with van der Waals surface area (Å²) in [6.07, 6.45) is 1.44. The van der Waals surface area contributed by atoms with Crippen LogP contribution in [0.2, 0.25) is 0 Å². The van der Waals surface area contributed by atoms with E-state index in [9.17, 15) is 9.59 Å².